The van der Waals surface area contributed by atoms with Crippen molar-refractivity contribution in [2.45, 2.75) is 0 Å². The molecule has 0 saturated heterocycles. The predicted octanol–water partition coefficient (Wildman–Crippen LogP) is 2.08. The number of rotatable bonds is 1. The van der Waals surface area contributed by atoms with Crippen LogP contribution in [0.3, 0.4) is 0 Å². The molecule has 0 aliphatic heterocycles. The van der Waals surface area contributed by atoms with Gasteiger partial charge in [0.25, 0.3) is 0 Å². The van der Waals surface area contributed by atoms with Crippen LogP contribution in [0.1, 0.15) is 0 Å². The van der Waals surface area contributed by atoms with Crippen molar-refractivity contribution in [2.75, 3.05) is 0 Å². The molecule has 0 atom stereocenters. The Balaban J connectivity index is 2.44. The molecule has 6 heteroatoms. The van der Waals surface area contributed by atoms with Crippen molar-refractivity contribution in [3.63, 3.8) is 0 Å². The molecule has 0 fully saturated rings. The van der Waals surface area contributed by atoms with Crippen LogP contribution in [0.25, 0.3) is 22.3 Å². The number of benzene rings is 1. The number of nitrogens with one attached hydrogen (secondary N) is 2. The highest BCUT2D eigenvalue weighted by atomic mass is 79.9. The molecule has 1 aromatic carbocycles. The van der Waals surface area contributed by atoms with Gasteiger partial charge in [-0.3, -0.25) is 5.10 Å². The minimum Gasteiger partial charge on any atom is -0.305 e. The molecular weight excluding hydrogens is 284 g/mol. The highest BCUT2D eigenvalue weighted by Gasteiger charge is 2.08. The van der Waals surface area contributed by atoms with Gasteiger partial charge in [-0.2, -0.15) is 10.1 Å². The second-order valence-electron chi connectivity index (χ2n) is 3.55. The molecule has 0 amide bonds. The zero-order valence-electron chi connectivity index (χ0n) is 8.57. The summed E-state index contributed by atoms with van der Waals surface area (Å²) in [6.07, 6.45) is 1.63. The van der Waals surface area contributed by atoms with Crippen LogP contribution in [0.2, 0.25) is 0 Å². The molecule has 5 nitrogen and oxygen atoms in total. The summed E-state index contributed by atoms with van der Waals surface area (Å²) >= 11 is 3.40. The van der Waals surface area contributed by atoms with Crippen molar-refractivity contribution in [2.24, 2.45) is 0 Å². The molecule has 2 aromatic heterocycles. The molecule has 17 heavy (non-hydrogen) atoms. The van der Waals surface area contributed by atoms with Gasteiger partial charge >= 0.3 is 5.69 Å². The highest BCUT2D eigenvalue weighted by molar-refractivity contribution is 9.10. The van der Waals surface area contributed by atoms with Gasteiger partial charge in [0.15, 0.2) is 0 Å². The number of hydrogen-bond acceptors (Lipinski definition) is 3. The first-order valence-corrected chi connectivity index (χ1v) is 5.73. The fraction of sp³-hybridized carbons (Fsp3) is 0. The lowest BCUT2D eigenvalue weighted by molar-refractivity contribution is 1.07. The molecule has 0 bridgehead atoms. The van der Waals surface area contributed by atoms with E-state index in [1.165, 1.54) is 0 Å². The minimum absolute atomic E-state index is 0.371. The fourth-order valence-corrected chi connectivity index (χ4v) is 2.08. The van der Waals surface area contributed by atoms with E-state index in [0.29, 0.717) is 5.69 Å². The Hall–Kier alpha value is -1.95. The molecular formula is C11H7BrN4O. The van der Waals surface area contributed by atoms with E-state index in [1.54, 1.807) is 12.3 Å². The number of H-pyrrole nitrogens is 2. The number of halogens is 1. The maximum atomic E-state index is 11.5. The normalized spacial score (nSPS) is 10.9. The largest absolute Gasteiger partial charge is 0.346 e. The van der Waals surface area contributed by atoms with Gasteiger partial charge in [-0.25, -0.2) is 4.79 Å². The molecule has 0 spiro atoms. The standard InChI is InChI=1S/C11H7BrN4O/c12-6-1-2-8-7(5-6)10(15-11(17)14-8)9-3-4-13-16-9/h1-5H,(H,13,16)(H,14,15,17). The van der Waals surface area contributed by atoms with Crippen LogP contribution >= 0.6 is 15.9 Å². The first-order valence-electron chi connectivity index (χ1n) is 4.93. The Morgan fingerprint density at radius 2 is 2.12 bits per heavy atom. The van der Waals surface area contributed by atoms with Crippen LogP contribution < -0.4 is 5.69 Å². The summed E-state index contributed by atoms with van der Waals surface area (Å²) in [5.74, 6) is 0. The van der Waals surface area contributed by atoms with Gasteiger partial charge in [0.05, 0.1) is 11.2 Å². The zero-order valence-corrected chi connectivity index (χ0v) is 10.2. The Morgan fingerprint density at radius 1 is 1.24 bits per heavy atom. The van der Waals surface area contributed by atoms with Crippen LogP contribution in [-0.2, 0) is 0 Å². The van der Waals surface area contributed by atoms with Crippen LogP contribution in [0.15, 0.2) is 39.7 Å². The first kappa shape index (κ1) is 10.2. The SMILES string of the molecule is O=c1nc(-c2ccn[nH]2)c2cc(Br)ccc2[nH]1. The van der Waals surface area contributed by atoms with Crippen LogP contribution in [-0.4, -0.2) is 20.2 Å². The van der Waals surface area contributed by atoms with E-state index in [-0.39, 0.29) is 5.69 Å². The quantitative estimate of drug-likeness (QED) is 0.720. The lowest BCUT2D eigenvalue weighted by atomic mass is 10.1. The van der Waals surface area contributed by atoms with Crippen molar-refractivity contribution < 1.29 is 0 Å². The Morgan fingerprint density at radius 3 is 2.88 bits per heavy atom. The van der Waals surface area contributed by atoms with Crippen LogP contribution in [0.5, 0.6) is 0 Å². The van der Waals surface area contributed by atoms with E-state index in [4.69, 9.17) is 0 Å². The van der Waals surface area contributed by atoms with Gasteiger partial charge in [0.2, 0.25) is 0 Å². The summed E-state index contributed by atoms with van der Waals surface area (Å²) in [6, 6.07) is 7.40. The third-order valence-corrected chi connectivity index (χ3v) is 2.94. The summed E-state index contributed by atoms with van der Waals surface area (Å²) in [5, 5.41) is 7.54. The number of hydrogen-bond donors (Lipinski definition) is 2. The monoisotopic (exact) mass is 290 g/mol. The zero-order chi connectivity index (χ0) is 11.8. The van der Waals surface area contributed by atoms with Gasteiger partial charge in [-0.1, -0.05) is 15.9 Å². The Labute approximate surface area is 104 Å². The average molecular weight is 291 g/mol. The molecule has 3 aromatic rings. The predicted molar refractivity (Wildman–Crippen MR) is 67.6 cm³/mol. The number of aromatic amines is 2. The third-order valence-electron chi connectivity index (χ3n) is 2.45. The van der Waals surface area contributed by atoms with Crippen molar-refractivity contribution in [1.29, 1.82) is 0 Å². The van der Waals surface area contributed by atoms with Crippen molar-refractivity contribution >= 4 is 26.8 Å². The van der Waals surface area contributed by atoms with E-state index in [9.17, 15) is 4.79 Å². The van der Waals surface area contributed by atoms with Crippen molar-refractivity contribution in [3.8, 4) is 11.4 Å². The maximum Gasteiger partial charge on any atom is 0.346 e. The van der Waals surface area contributed by atoms with Crippen LogP contribution in [0, 0.1) is 0 Å². The van der Waals surface area contributed by atoms with E-state index >= 15 is 0 Å². The number of fused-ring (bicyclic) bond motifs is 1. The molecule has 0 aliphatic rings. The lowest BCUT2D eigenvalue weighted by Gasteiger charge is -2.03. The molecule has 3 rings (SSSR count). The van der Waals surface area contributed by atoms with Crippen LogP contribution in [0.4, 0.5) is 0 Å². The summed E-state index contributed by atoms with van der Waals surface area (Å²) in [7, 11) is 0. The molecule has 84 valence electrons. The van der Waals surface area contributed by atoms with Gasteiger partial charge in [0.1, 0.15) is 5.69 Å². The molecule has 2 N–H and O–H groups in total. The molecule has 0 unspecified atom stereocenters. The van der Waals surface area contributed by atoms with Crippen molar-refractivity contribution in [1.82, 2.24) is 20.2 Å². The maximum absolute atomic E-state index is 11.5. The van der Waals surface area contributed by atoms with E-state index in [1.807, 2.05) is 18.2 Å². The van der Waals surface area contributed by atoms with E-state index in [2.05, 4.69) is 36.1 Å². The topological polar surface area (TPSA) is 74.4 Å². The number of aromatic nitrogens is 4. The van der Waals surface area contributed by atoms with E-state index < -0.39 is 0 Å². The summed E-state index contributed by atoms with van der Waals surface area (Å²) < 4.78 is 0.930. The van der Waals surface area contributed by atoms with Crippen molar-refractivity contribution in [3.05, 3.63) is 45.4 Å². The summed E-state index contributed by atoms with van der Waals surface area (Å²) in [4.78, 5) is 18.2. The average Bonchev–Trinajstić information content (AvgIpc) is 2.82. The molecule has 2 heterocycles. The fourth-order valence-electron chi connectivity index (χ4n) is 1.72. The third kappa shape index (κ3) is 1.76. The second kappa shape index (κ2) is 3.81. The minimum atomic E-state index is -0.371. The molecule has 0 saturated carbocycles. The van der Waals surface area contributed by atoms with Gasteiger partial charge in [0, 0.05) is 16.1 Å². The summed E-state index contributed by atoms with van der Waals surface area (Å²) in [6.45, 7) is 0. The summed E-state index contributed by atoms with van der Waals surface area (Å²) in [5.41, 5.74) is 1.70. The molecule has 0 aliphatic carbocycles. The highest BCUT2D eigenvalue weighted by Crippen LogP contribution is 2.25. The van der Waals surface area contributed by atoms with Gasteiger partial charge in [-0.15, -0.1) is 0 Å². The smallest absolute Gasteiger partial charge is 0.305 e. The second-order valence-corrected chi connectivity index (χ2v) is 4.47. The van der Waals surface area contributed by atoms with Gasteiger partial charge in [-0.05, 0) is 24.3 Å². The van der Waals surface area contributed by atoms with Gasteiger partial charge < -0.3 is 4.98 Å². The van der Waals surface area contributed by atoms with E-state index in [0.717, 1.165) is 21.1 Å². The number of nitrogens with zero attached hydrogens (tertiary/aromatic N) is 2. The molecule has 0 radical (unpaired) electrons. The lowest BCUT2D eigenvalue weighted by Crippen LogP contribution is -2.11. The Bertz CT molecular complexity index is 733. The Kier molecular flexibility index (Phi) is 2.29. The first-order chi connectivity index (χ1) is 8.24.